The average Bonchev–Trinajstić information content (AvgIpc) is 2.15. The molecule has 5 heteroatoms. The lowest BCUT2D eigenvalue weighted by molar-refractivity contribution is -0.122. The first kappa shape index (κ1) is 12.3. The highest BCUT2D eigenvalue weighted by molar-refractivity contribution is 6.35. The minimum Gasteiger partial charge on any atom is -0.351 e. The maximum absolute atomic E-state index is 11.2. The molecule has 0 spiro atoms. The van der Waals surface area contributed by atoms with E-state index in [2.05, 4.69) is 5.32 Å². The van der Waals surface area contributed by atoms with Gasteiger partial charge in [-0.05, 0) is 24.6 Å². The van der Waals surface area contributed by atoms with Crippen molar-refractivity contribution in [2.45, 2.75) is 19.5 Å². The Morgan fingerprint density at radius 1 is 1.53 bits per heavy atom. The van der Waals surface area contributed by atoms with Crippen LogP contribution in [0.4, 0.5) is 0 Å². The molecule has 0 aliphatic heterocycles. The van der Waals surface area contributed by atoms with E-state index in [0.29, 0.717) is 16.6 Å². The summed E-state index contributed by atoms with van der Waals surface area (Å²) in [5, 5.41) is 3.77. The molecule has 0 saturated heterocycles. The van der Waals surface area contributed by atoms with Crippen LogP contribution >= 0.6 is 23.2 Å². The Morgan fingerprint density at radius 2 is 2.20 bits per heavy atom. The lowest BCUT2D eigenvalue weighted by Crippen LogP contribution is -2.37. The standard InChI is InChI=1S/C10H12Cl2N2O/c1-6(13)10(15)14-5-7-2-3-8(11)4-9(7)12/h2-4,6H,5,13H2,1H3,(H,14,15)/t6-/m1/s1. The van der Waals surface area contributed by atoms with Crippen LogP contribution in [0.3, 0.4) is 0 Å². The van der Waals surface area contributed by atoms with Gasteiger partial charge in [0.25, 0.3) is 0 Å². The second-order valence-electron chi connectivity index (χ2n) is 3.24. The number of hydrogen-bond donors (Lipinski definition) is 2. The van der Waals surface area contributed by atoms with Crippen molar-refractivity contribution >= 4 is 29.1 Å². The normalized spacial score (nSPS) is 12.3. The van der Waals surface area contributed by atoms with Crippen LogP contribution < -0.4 is 11.1 Å². The van der Waals surface area contributed by atoms with Crippen LogP contribution in [-0.4, -0.2) is 11.9 Å². The minimum atomic E-state index is -0.518. The summed E-state index contributed by atoms with van der Waals surface area (Å²) in [5.74, 6) is -0.207. The van der Waals surface area contributed by atoms with E-state index in [0.717, 1.165) is 5.56 Å². The molecule has 0 aliphatic rings. The van der Waals surface area contributed by atoms with Crippen LogP contribution in [-0.2, 0) is 11.3 Å². The van der Waals surface area contributed by atoms with E-state index in [-0.39, 0.29) is 5.91 Å². The molecule has 3 nitrogen and oxygen atoms in total. The van der Waals surface area contributed by atoms with Gasteiger partial charge in [0.1, 0.15) is 0 Å². The first-order valence-corrected chi connectivity index (χ1v) is 5.23. The van der Waals surface area contributed by atoms with Gasteiger partial charge in [-0.1, -0.05) is 29.3 Å². The fourth-order valence-corrected chi connectivity index (χ4v) is 1.48. The summed E-state index contributed by atoms with van der Waals surface area (Å²) in [6.45, 7) is 1.98. The fourth-order valence-electron chi connectivity index (χ4n) is 1.01. The van der Waals surface area contributed by atoms with Gasteiger partial charge in [-0.3, -0.25) is 4.79 Å². The number of benzene rings is 1. The molecule has 1 atom stereocenters. The second-order valence-corrected chi connectivity index (χ2v) is 4.09. The summed E-state index contributed by atoms with van der Waals surface area (Å²) >= 11 is 11.7. The predicted octanol–water partition coefficient (Wildman–Crippen LogP) is 1.96. The summed E-state index contributed by atoms with van der Waals surface area (Å²) in [5.41, 5.74) is 6.21. The molecule has 1 aromatic carbocycles. The van der Waals surface area contributed by atoms with E-state index in [9.17, 15) is 4.79 Å². The first-order chi connectivity index (χ1) is 7.00. The molecule has 1 aromatic rings. The minimum absolute atomic E-state index is 0.207. The van der Waals surface area contributed by atoms with Gasteiger partial charge in [-0.2, -0.15) is 0 Å². The average molecular weight is 247 g/mol. The first-order valence-electron chi connectivity index (χ1n) is 4.48. The van der Waals surface area contributed by atoms with Crippen molar-refractivity contribution < 1.29 is 4.79 Å². The molecule has 0 bridgehead atoms. The van der Waals surface area contributed by atoms with Crippen molar-refractivity contribution in [1.82, 2.24) is 5.32 Å². The highest BCUT2D eigenvalue weighted by Crippen LogP contribution is 2.20. The Kier molecular flexibility index (Phi) is 4.39. The second kappa shape index (κ2) is 5.35. The van der Waals surface area contributed by atoms with Crippen LogP contribution in [0.25, 0.3) is 0 Å². The maximum atomic E-state index is 11.2. The molecule has 1 rings (SSSR count). The van der Waals surface area contributed by atoms with Gasteiger partial charge in [0.2, 0.25) is 5.91 Å². The molecule has 1 amide bonds. The van der Waals surface area contributed by atoms with Crippen molar-refractivity contribution in [3.63, 3.8) is 0 Å². The maximum Gasteiger partial charge on any atom is 0.236 e. The van der Waals surface area contributed by atoms with Crippen molar-refractivity contribution in [1.29, 1.82) is 0 Å². The third-order valence-electron chi connectivity index (χ3n) is 1.88. The molecule has 0 aliphatic carbocycles. The molecule has 0 fully saturated rings. The molecule has 15 heavy (non-hydrogen) atoms. The van der Waals surface area contributed by atoms with Crippen LogP contribution in [0, 0.1) is 0 Å². The summed E-state index contributed by atoms with van der Waals surface area (Å²) in [6, 6.07) is 4.61. The van der Waals surface area contributed by atoms with E-state index < -0.39 is 6.04 Å². The largest absolute Gasteiger partial charge is 0.351 e. The van der Waals surface area contributed by atoms with Gasteiger partial charge in [0.05, 0.1) is 6.04 Å². The smallest absolute Gasteiger partial charge is 0.236 e. The number of hydrogen-bond acceptors (Lipinski definition) is 2. The Labute approximate surface area is 98.5 Å². The number of nitrogens with one attached hydrogen (secondary N) is 1. The molecule has 0 heterocycles. The number of amides is 1. The molecule has 0 unspecified atom stereocenters. The van der Waals surface area contributed by atoms with Crippen molar-refractivity contribution in [2.24, 2.45) is 5.73 Å². The van der Waals surface area contributed by atoms with Crippen LogP contribution in [0.15, 0.2) is 18.2 Å². The lowest BCUT2D eigenvalue weighted by atomic mass is 10.2. The Morgan fingerprint density at radius 3 is 2.73 bits per heavy atom. The van der Waals surface area contributed by atoms with E-state index in [4.69, 9.17) is 28.9 Å². The molecule has 0 saturated carbocycles. The van der Waals surface area contributed by atoms with E-state index in [1.54, 1.807) is 25.1 Å². The number of carbonyl (C=O) groups is 1. The fraction of sp³-hybridized carbons (Fsp3) is 0.300. The zero-order valence-corrected chi connectivity index (χ0v) is 9.77. The van der Waals surface area contributed by atoms with Crippen LogP contribution in [0.1, 0.15) is 12.5 Å². The Balaban J connectivity index is 2.62. The number of rotatable bonds is 3. The van der Waals surface area contributed by atoms with Crippen LogP contribution in [0.2, 0.25) is 10.0 Å². The molecule has 82 valence electrons. The van der Waals surface area contributed by atoms with E-state index >= 15 is 0 Å². The monoisotopic (exact) mass is 246 g/mol. The lowest BCUT2D eigenvalue weighted by Gasteiger charge is -2.09. The zero-order valence-electron chi connectivity index (χ0n) is 8.26. The van der Waals surface area contributed by atoms with Crippen molar-refractivity contribution in [2.75, 3.05) is 0 Å². The molecule has 0 radical (unpaired) electrons. The summed E-state index contributed by atoms with van der Waals surface area (Å²) < 4.78 is 0. The number of carbonyl (C=O) groups excluding carboxylic acids is 1. The van der Waals surface area contributed by atoms with Crippen molar-refractivity contribution in [3.8, 4) is 0 Å². The summed E-state index contributed by atoms with van der Waals surface area (Å²) in [6.07, 6.45) is 0. The topological polar surface area (TPSA) is 55.1 Å². The van der Waals surface area contributed by atoms with Gasteiger partial charge in [0.15, 0.2) is 0 Å². The van der Waals surface area contributed by atoms with Crippen molar-refractivity contribution in [3.05, 3.63) is 33.8 Å². The Hall–Kier alpha value is -0.770. The van der Waals surface area contributed by atoms with E-state index in [1.807, 2.05) is 0 Å². The Bertz CT molecular complexity index is 366. The van der Waals surface area contributed by atoms with Gasteiger partial charge in [0, 0.05) is 16.6 Å². The van der Waals surface area contributed by atoms with Gasteiger partial charge >= 0.3 is 0 Å². The third-order valence-corrected chi connectivity index (χ3v) is 2.47. The highest BCUT2D eigenvalue weighted by atomic mass is 35.5. The zero-order chi connectivity index (χ0) is 11.4. The highest BCUT2D eigenvalue weighted by Gasteiger charge is 2.07. The van der Waals surface area contributed by atoms with Crippen LogP contribution in [0.5, 0.6) is 0 Å². The quantitative estimate of drug-likeness (QED) is 0.857. The number of halogens is 2. The van der Waals surface area contributed by atoms with Gasteiger partial charge in [-0.25, -0.2) is 0 Å². The molecule has 3 N–H and O–H groups in total. The molecular formula is C10H12Cl2N2O. The molecular weight excluding hydrogens is 235 g/mol. The predicted molar refractivity (Wildman–Crippen MR) is 62.0 cm³/mol. The summed E-state index contributed by atoms with van der Waals surface area (Å²) in [4.78, 5) is 11.2. The van der Waals surface area contributed by atoms with Gasteiger partial charge < -0.3 is 11.1 Å². The molecule has 0 aromatic heterocycles. The van der Waals surface area contributed by atoms with Gasteiger partial charge in [-0.15, -0.1) is 0 Å². The third kappa shape index (κ3) is 3.70. The van der Waals surface area contributed by atoms with E-state index in [1.165, 1.54) is 0 Å². The SMILES string of the molecule is C[C@@H](N)C(=O)NCc1ccc(Cl)cc1Cl. The number of nitrogens with two attached hydrogens (primary N) is 1. The summed E-state index contributed by atoms with van der Waals surface area (Å²) in [7, 11) is 0.